The fourth-order valence-corrected chi connectivity index (χ4v) is 2.37. The summed E-state index contributed by atoms with van der Waals surface area (Å²) in [6.07, 6.45) is 0.220. The molecule has 0 spiro atoms. The van der Waals surface area contributed by atoms with Crippen molar-refractivity contribution in [2.75, 3.05) is 5.32 Å². The van der Waals surface area contributed by atoms with E-state index in [0.717, 1.165) is 9.13 Å². The van der Waals surface area contributed by atoms with Gasteiger partial charge in [-0.15, -0.1) is 0 Å². The third kappa shape index (κ3) is 5.05. The largest absolute Gasteiger partial charge is 0.330 e. The van der Waals surface area contributed by atoms with Crippen LogP contribution in [0.5, 0.6) is 0 Å². The van der Waals surface area contributed by atoms with Gasteiger partial charge in [-0.2, -0.15) is 0 Å². The molecule has 3 nitrogen and oxygen atoms in total. The standard InChI is InChI=1S/C15H12FIN2OS/c16-12-9-11(17)6-7-13(12)18-15(21)19-14(20)8-10-4-2-1-3-5-10/h1-7,9H,8H2,(H2,18,19,20,21). The molecule has 108 valence electrons. The summed E-state index contributed by atoms with van der Waals surface area (Å²) in [4.78, 5) is 11.8. The highest BCUT2D eigenvalue weighted by Crippen LogP contribution is 2.16. The lowest BCUT2D eigenvalue weighted by Crippen LogP contribution is -2.35. The predicted octanol–water partition coefficient (Wildman–Crippen LogP) is 3.49. The molecular formula is C15H12FIN2OS. The molecule has 0 saturated heterocycles. The van der Waals surface area contributed by atoms with Crippen molar-refractivity contribution in [1.82, 2.24) is 5.32 Å². The first-order chi connectivity index (χ1) is 10.0. The molecule has 0 aliphatic heterocycles. The number of hydrogen-bond donors (Lipinski definition) is 2. The lowest BCUT2D eigenvalue weighted by Gasteiger charge is -2.10. The van der Waals surface area contributed by atoms with Gasteiger partial charge in [-0.05, 0) is 58.6 Å². The van der Waals surface area contributed by atoms with Gasteiger partial charge in [-0.3, -0.25) is 4.79 Å². The Morgan fingerprint density at radius 1 is 1.19 bits per heavy atom. The molecule has 0 saturated carbocycles. The number of hydrogen-bond acceptors (Lipinski definition) is 2. The van der Waals surface area contributed by atoms with E-state index in [1.54, 1.807) is 12.1 Å². The minimum Gasteiger partial charge on any atom is -0.330 e. The average molecular weight is 414 g/mol. The third-order valence-electron chi connectivity index (χ3n) is 2.64. The molecular weight excluding hydrogens is 402 g/mol. The molecule has 0 unspecified atom stereocenters. The Morgan fingerprint density at radius 2 is 1.90 bits per heavy atom. The van der Waals surface area contributed by atoms with Gasteiger partial charge in [0.1, 0.15) is 5.82 Å². The topological polar surface area (TPSA) is 41.1 Å². The van der Waals surface area contributed by atoms with Crippen LogP contribution in [0.3, 0.4) is 0 Å². The maximum absolute atomic E-state index is 13.7. The van der Waals surface area contributed by atoms with E-state index in [1.807, 2.05) is 52.9 Å². The molecule has 2 aromatic carbocycles. The van der Waals surface area contributed by atoms with E-state index in [0.29, 0.717) is 0 Å². The second-order valence-corrected chi connectivity index (χ2v) is 5.94. The second-order valence-electron chi connectivity index (χ2n) is 4.29. The van der Waals surface area contributed by atoms with Gasteiger partial charge < -0.3 is 10.6 Å². The van der Waals surface area contributed by atoms with Crippen molar-refractivity contribution in [3.63, 3.8) is 0 Å². The lowest BCUT2D eigenvalue weighted by atomic mass is 10.1. The first-order valence-electron chi connectivity index (χ1n) is 6.14. The molecule has 0 aromatic heterocycles. The molecule has 21 heavy (non-hydrogen) atoms. The summed E-state index contributed by atoms with van der Waals surface area (Å²) in [7, 11) is 0. The highest BCUT2D eigenvalue weighted by atomic mass is 127. The van der Waals surface area contributed by atoms with Crippen LogP contribution in [0.4, 0.5) is 10.1 Å². The van der Waals surface area contributed by atoms with Crippen molar-refractivity contribution >= 4 is 51.5 Å². The molecule has 1 amide bonds. The zero-order valence-electron chi connectivity index (χ0n) is 10.9. The van der Waals surface area contributed by atoms with Gasteiger partial charge in [0, 0.05) is 3.57 Å². The van der Waals surface area contributed by atoms with Crippen LogP contribution in [0.15, 0.2) is 48.5 Å². The van der Waals surface area contributed by atoms with Crippen LogP contribution in [0, 0.1) is 9.39 Å². The molecule has 0 bridgehead atoms. The smallest absolute Gasteiger partial charge is 0.230 e. The number of amides is 1. The van der Waals surface area contributed by atoms with E-state index in [4.69, 9.17) is 12.2 Å². The Bertz CT molecular complexity index is 664. The Morgan fingerprint density at radius 3 is 2.57 bits per heavy atom. The summed E-state index contributed by atoms with van der Waals surface area (Å²) >= 11 is 7.03. The maximum Gasteiger partial charge on any atom is 0.230 e. The normalized spacial score (nSPS) is 10.0. The van der Waals surface area contributed by atoms with Crippen molar-refractivity contribution in [3.8, 4) is 0 Å². The number of carbonyl (C=O) groups is 1. The lowest BCUT2D eigenvalue weighted by molar-refractivity contribution is -0.119. The molecule has 6 heteroatoms. The predicted molar refractivity (Wildman–Crippen MR) is 93.6 cm³/mol. The number of benzene rings is 2. The summed E-state index contributed by atoms with van der Waals surface area (Å²) in [5.74, 6) is -0.661. The first-order valence-corrected chi connectivity index (χ1v) is 7.63. The minimum absolute atomic E-state index is 0.0797. The number of anilines is 1. The van der Waals surface area contributed by atoms with Crippen LogP contribution < -0.4 is 10.6 Å². The summed E-state index contributed by atoms with van der Waals surface area (Å²) < 4.78 is 14.4. The quantitative estimate of drug-likeness (QED) is 0.597. The van der Waals surface area contributed by atoms with Gasteiger partial charge >= 0.3 is 0 Å². The molecule has 0 heterocycles. The van der Waals surface area contributed by atoms with Crippen LogP contribution in [0.25, 0.3) is 0 Å². The van der Waals surface area contributed by atoms with Crippen LogP contribution >= 0.6 is 34.8 Å². The zero-order valence-corrected chi connectivity index (χ0v) is 13.9. The molecule has 2 N–H and O–H groups in total. The van der Waals surface area contributed by atoms with Gasteiger partial charge in [0.05, 0.1) is 12.1 Å². The van der Waals surface area contributed by atoms with Crippen molar-refractivity contribution < 1.29 is 9.18 Å². The van der Waals surface area contributed by atoms with E-state index >= 15 is 0 Å². The van der Waals surface area contributed by atoms with Crippen LogP contribution in [-0.4, -0.2) is 11.0 Å². The minimum atomic E-state index is -0.415. The summed E-state index contributed by atoms with van der Waals surface area (Å²) in [6.45, 7) is 0. The molecule has 0 aliphatic rings. The van der Waals surface area contributed by atoms with E-state index in [1.165, 1.54) is 6.07 Å². The molecule has 0 atom stereocenters. The molecule has 2 aromatic rings. The van der Waals surface area contributed by atoms with Crippen molar-refractivity contribution in [2.45, 2.75) is 6.42 Å². The van der Waals surface area contributed by atoms with Crippen molar-refractivity contribution in [2.24, 2.45) is 0 Å². The van der Waals surface area contributed by atoms with E-state index in [2.05, 4.69) is 10.6 Å². The number of thiocarbonyl (C=S) groups is 1. The van der Waals surface area contributed by atoms with Crippen LogP contribution in [0.2, 0.25) is 0 Å². The Hall–Kier alpha value is -1.54. The summed E-state index contributed by atoms with van der Waals surface area (Å²) in [5, 5.41) is 5.29. The van der Waals surface area contributed by atoms with Gasteiger partial charge in [-0.1, -0.05) is 30.3 Å². The van der Waals surface area contributed by atoms with Gasteiger partial charge in [-0.25, -0.2) is 4.39 Å². The molecule has 2 rings (SSSR count). The average Bonchev–Trinajstić information content (AvgIpc) is 2.43. The number of halogens is 2. The summed E-state index contributed by atoms with van der Waals surface area (Å²) in [6, 6.07) is 14.0. The van der Waals surface area contributed by atoms with E-state index < -0.39 is 5.82 Å². The fraction of sp³-hybridized carbons (Fsp3) is 0.0667. The Balaban J connectivity index is 1.91. The van der Waals surface area contributed by atoms with Crippen LogP contribution in [0.1, 0.15) is 5.56 Å². The first kappa shape index (κ1) is 15.8. The highest BCUT2D eigenvalue weighted by Gasteiger charge is 2.08. The monoisotopic (exact) mass is 414 g/mol. The SMILES string of the molecule is O=C(Cc1ccccc1)NC(=S)Nc1ccc(I)cc1F. The molecule has 0 radical (unpaired) electrons. The van der Waals surface area contributed by atoms with Crippen LogP contribution in [-0.2, 0) is 11.2 Å². The van der Waals surface area contributed by atoms with Crippen molar-refractivity contribution in [3.05, 3.63) is 63.5 Å². The highest BCUT2D eigenvalue weighted by molar-refractivity contribution is 14.1. The number of nitrogens with one attached hydrogen (secondary N) is 2. The van der Waals surface area contributed by atoms with Gasteiger partial charge in [0.15, 0.2) is 5.11 Å². The van der Waals surface area contributed by atoms with Crippen molar-refractivity contribution in [1.29, 1.82) is 0 Å². The maximum atomic E-state index is 13.7. The summed E-state index contributed by atoms with van der Waals surface area (Å²) in [5.41, 5.74) is 1.12. The van der Waals surface area contributed by atoms with Gasteiger partial charge in [0.25, 0.3) is 0 Å². The number of carbonyl (C=O) groups excluding carboxylic acids is 1. The Kier molecular flexibility index (Phi) is 5.63. The fourth-order valence-electron chi connectivity index (χ4n) is 1.70. The number of rotatable bonds is 3. The molecule has 0 fully saturated rings. The van der Waals surface area contributed by atoms with E-state index in [-0.39, 0.29) is 23.1 Å². The Labute approximate surface area is 141 Å². The molecule has 0 aliphatic carbocycles. The third-order valence-corrected chi connectivity index (χ3v) is 3.51. The van der Waals surface area contributed by atoms with E-state index in [9.17, 15) is 9.18 Å². The second kappa shape index (κ2) is 7.46. The zero-order chi connectivity index (χ0) is 15.2. The van der Waals surface area contributed by atoms with Gasteiger partial charge in [0.2, 0.25) is 5.91 Å².